The highest BCUT2D eigenvalue weighted by Crippen LogP contribution is 2.31. The third kappa shape index (κ3) is 3.20. The number of nitrogen functional groups attached to an aromatic ring is 1. The second kappa shape index (κ2) is 6.19. The molecule has 21 heavy (non-hydrogen) atoms. The number of hydrogen-bond donors (Lipinski definition) is 1. The lowest BCUT2D eigenvalue weighted by atomic mass is 10.3. The molecule has 0 aliphatic carbocycles. The fourth-order valence-electron chi connectivity index (χ4n) is 1.72. The number of methoxy groups -OCH3 is 1. The van der Waals surface area contributed by atoms with Crippen molar-refractivity contribution < 1.29 is 9.26 Å². The summed E-state index contributed by atoms with van der Waals surface area (Å²) in [6.07, 6.45) is 0. The first-order valence-electron chi connectivity index (χ1n) is 6.19. The SMILES string of the molecule is COc1ccc(N)c(SCc2noc(-c3cccs3)n2)c1. The highest BCUT2D eigenvalue weighted by Gasteiger charge is 2.11. The van der Waals surface area contributed by atoms with Gasteiger partial charge >= 0.3 is 0 Å². The molecule has 0 spiro atoms. The Bertz CT molecular complexity index is 726. The summed E-state index contributed by atoms with van der Waals surface area (Å²) >= 11 is 3.13. The van der Waals surface area contributed by atoms with E-state index in [0.717, 1.165) is 15.5 Å². The molecular weight excluding hydrogens is 306 g/mol. The van der Waals surface area contributed by atoms with Gasteiger partial charge in [-0.15, -0.1) is 23.1 Å². The summed E-state index contributed by atoms with van der Waals surface area (Å²) in [7, 11) is 1.63. The number of thioether (sulfide) groups is 1. The minimum absolute atomic E-state index is 0.555. The number of nitrogens with two attached hydrogens (primary N) is 1. The molecule has 0 saturated heterocycles. The van der Waals surface area contributed by atoms with Crippen LogP contribution in [-0.4, -0.2) is 17.3 Å². The van der Waals surface area contributed by atoms with E-state index in [4.69, 9.17) is 15.0 Å². The molecule has 1 aromatic carbocycles. The van der Waals surface area contributed by atoms with Crippen LogP contribution < -0.4 is 10.5 Å². The Hall–Kier alpha value is -1.99. The molecule has 0 unspecified atom stereocenters. The average Bonchev–Trinajstić information content (AvgIpc) is 3.17. The Morgan fingerprint density at radius 3 is 3.05 bits per heavy atom. The third-order valence-electron chi connectivity index (χ3n) is 2.78. The van der Waals surface area contributed by atoms with Gasteiger partial charge in [-0.2, -0.15) is 4.98 Å². The van der Waals surface area contributed by atoms with Gasteiger partial charge in [0.1, 0.15) is 5.75 Å². The van der Waals surface area contributed by atoms with Crippen molar-refractivity contribution in [2.45, 2.75) is 10.6 Å². The van der Waals surface area contributed by atoms with Crippen molar-refractivity contribution in [3.05, 3.63) is 41.5 Å². The molecule has 0 aliphatic heterocycles. The zero-order chi connectivity index (χ0) is 14.7. The summed E-state index contributed by atoms with van der Waals surface area (Å²) in [6.45, 7) is 0. The molecular formula is C14H13N3O2S2. The van der Waals surface area contributed by atoms with Gasteiger partial charge in [0, 0.05) is 10.6 Å². The van der Waals surface area contributed by atoms with Crippen LogP contribution >= 0.6 is 23.1 Å². The van der Waals surface area contributed by atoms with Crippen molar-refractivity contribution in [3.63, 3.8) is 0 Å². The van der Waals surface area contributed by atoms with E-state index in [1.807, 2.05) is 35.7 Å². The molecule has 2 heterocycles. The van der Waals surface area contributed by atoms with Gasteiger partial charge in [-0.1, -0.05) is 11.2 Å². The molecule has 0 fully saturated rings. The summed E-state index contributed by atoms with van der Waals surface area (Å²) in [4.78, 5) is 6.29. The minimum Gasteiger partial charge on any atom is -0.497 e. The van der Waals surface area contributed by atoms with Crippen LogP contribution in [0.2, 0.25) is 0 Å². The van der Waals surface area contributed by atoms with E-state index in [0.29, 0.717) is 23.2 Å². The number of thiophene rings is 1. The number of aromatic nitrogens is 2. The van der Waals surface area contributed by atoms with Crippen molar-refractivity contribution in [1.29, 1.82) is 0 Å². The predicted octanol–water partition coefficient (Wildman–Crippen LogP) is 3.68. The molecule has 0 saturated carbocycles. The van der Waals surface area contributed by atoms with E-state index < -0.39 is 0 Å². The molecule has 2 aromatic heterocycles. The van der Waals surface area contributed by atoms with Gasteiger partial charge < -0.3 is 15.0 Å². The molecule has 0 atom stereocenters. The summed E-state index contributed by atoms with van der Waals surface area (Å²) in [5.41, 5.74) is 6.66. The Balaban J connectivity index is 1.71. The van der Waals surface area contributed by atoms with Crippen molar-refractivity contribution in [2.75, 3.05) is 12.8 Å². The first-order valence-corrected chi connectivity index (χ1v) is 8.05. The van der Waals surface area contributed by atoms with Crippen LogP contribution in [0.3, 0.4) is 0 Å². The van der Waals surface area contributed by atoms with Gasteiger partial charge in [-0.25, -0.2) is 0 Å². The Labute approximate surface area is 130 Å². The maximum Gasteiger partial charge on any atom is 0.268 e. The van der Waals surface area contributed by atoms with E-state index in [1.165, 1.54) is 0 Å². The van der Waals surface area contributed by atoms with Gasteiger partial charge in [0.15, 0.2) is 5.82 Å². The molecule has 3 rings (SSSR count). The maximum atomic E-state index is 5.95. The molecule has 2 N–H and O–H groups in total. The molecule has 5 nitrogen and oxygen atoms in total. The lowest BCUT2D eigenvalue weighted by Crippen LogP contribution is -1.91. The highest BCUT2D eigenvalue weighted by atomic mass is 32.2. The Morgan fingerprint density at radius 2 is 2.29 bits per heavy atom. The summed E-state index contributed by atoms with van der Waals surface area (Å²) in [6, 6.07) is 9.47. The van der Waals surface area contributed by atoms with Crippen LogP contribution in [-0.2, 0) is 5.75 Å². The second-order valence-corrected chi connectivity index (χ2v) is 6.15. The van der Waals surface area contributed by atoms with E-state index in [-0.39, 0.29) is 0 Å². The third-order valence-corrected chi connectivity index (χ3v) is 4.70. The first-order chi connectivity index (χ1) is 10.3. The molecule has 0 bridgehead atoms. The van der Waals surface area contributed by atoms with Gasteiger partial charge in [0.25, 0.3) is 5.89 Å². The number of benzene rings is 1. The monoisotopic (exact) mass is 319 g/mol. The van der Waals surface area contributed by atoms with Gasteiger partial charge in [0.05, 0.1) is 17.7 Å². The second-order valence-electron chi connectivity index (χ2n) is 4.19. The van der Waals surface area contributed by atoms with E-state index in [2.05, 4.69) is 10.1 Å². The summed E-state index contributed by atoms with van der Waals surface area (Å²) in [5, 5.41) is 5.96. The Kier molecular flexibility index (Phi) is 4.12. The fourth-order valence-corrected chi connectivity index (χ4v) is 3.20. The zero-order valence-electron chi connectivity index (χ0n) is 11.3. The van der Waals surface area contributed by atoms with Gasteiger partial charge in [0.2, 0.25) is 0 Å². The molecule has 7 heteroatoms. The van der Waals surface area contributed by atoms with Crippen molar-refractivity contribution in [2.24, 2.45) is 0 Å². The van der Waals surface area contributed by atoms with Gasteiger partial charge in [-0.3, -0.25) is 0 Å². The first kappa shape index (κ1) is 14.0. The van der Waals surface area contributed by atoms with Crippen molar-refractivity contribution >= 4 is 28.8 Å². The van der Waals surface area contributed by atoms with E-state index in [1.54, 1.807) is 30.2 Å². The zero-order valence-corrected chi connectivity index (χ0v) is 12.9. The lowest BCUT2D eigenvalue weighted by Gasteiger charge is -2.06. The molecule has 108 valence electrons. The van der Waals surface area contributed by atoms with Crippen LogP contribution in [0.15, 0.2) is 45.1 Å². The smallest absolute Gasteiger partial charge is 0.268 e. The highest BCUT2D eigenvalue weighted by molar-refractivity contribution is 7.98. The number of ether oxygens (including phenoxy) is 1. The minimum atomic E-state index is 0.555. The van der Waals surface area contributed by atoms with Gasteiger partial charge in [-0.05, 0) is 29.6 Å². The predicted molar refractivity (Wildman–Crippen MR) is 84.6 cm³/mol. The maximum absolute atomic E-state index is 5.95. The average molecular weight is 319 g/mol. The van der Waals surface area contributed by atoms with Crippen LogP contribution in [0.5, 0.6) is 5.75 Å². The molecule has 0 radical (unpaired) electrons. The van der Waals surface area contributed by atoms with Crippen molar-refractivity contribution in [1.82, 2.24) is 10.1 Å². The summed E-state index contributed by atoms with van der Waals surface area (Å²) < 4.78 is 10.5. The fraction of sp³-hybridized carbons (Fsp3) is 0.143. The van der Waals surface area contributed by atoms with Crippen LogP contribution in [0, 0.1) is 0 Å². The standard InChI is InChI=1S/C14H13N3O2S2/c1-18-9-4-5-10(15)12(7-9)21-8-13-16-14(19-17-13)11-3-2-6-20-11/h2-7H,8,15H2,1H3. The molecule has 0 aliphatic rings. The number of nitrogens with zero attached hydrogens (tertiary/aromatic N) is 2. The largest absolute Gasteiger partial charge is 0.497 e. The topological polar surface area (TPSA) is 74.2 Å². The number of hydrogen-bond acceptors (Lipinski definition) is 7. The van der Waals surface area contributed by atoms with Crippen LogP contribution in [0.4, 0.5) is 5.69 Å². The normalized spacial score (nSPS) is 10.7. The molecule has 3 aromatic rings. The molecule has 0 amide bonds. The lowest BCUT2D eigenvalue weighted by molar-refractivity contribution is 0.414. The Morgan fingerprint density at radius 1 is 1.38 bits per heavy atom. The van der Waals surface area contributed by atoms with E-state index >= 15 is 0 Å². The van der Waals surface area contributed by atoms with Crippen LogP contribution in [0.1, 0.15) is 5.82 Å². The van der Waals surface area contributed by atoms with Crippen LogP contribution in [0.25, 0.3) is 10.8 Å². The number of rotatable bonds is 5. The van der Waals surface area contributed by atoms with Crippen molar-refractivity contribution in [3.8, 4) is 16.5 Å². The quantitative estimate of drug-likeness (QED) is 0.571. The number of anilines is 1. The van der Waals surface area contributed by atoms with E-state index in [9.17, 15) is 0 Å². The summed E-state index contributed by atoms with van der Waals surface area (Å²) in [5.74, 6) is 2.57.